The van der Waals surface area contributed by atoms with Gasteiger partial charge in [0.05, 0.1) is 17.9 Å². The Kier molecular flexibility index (Phi) is 15.5. The number of carbonyl (C=O) groups is 4. The molecule has 48 heavy (non-hydrogen) atoms. The van der Waals surface area contributed by atoms with E-state index in [0.29, 0.717) is 23.9 Å². The van der Waals surface area contributed by atoms with Gasteiger partial charge < -0.3 is 35.5 Å². The van der Waals surface area contributed by atoms with Crippen molar-refractivity contribution in [2.75, 3.05) is 18.6 Å². The fraction of sp³-hybridized carbons (Fsp3) is 0.606. The monoisotopic (exact) mass is 693 g/mol. The van der Waals surface area contributed by atoms with Crippen molar-refractivity contribution in [1.29, 1.82) is 0 Å². The second-order valence-corrected chi connectivity index (χ2v) is 15.2. The molecule has 0 unspecified atom stereocenters. The molecule has 14 nitrogen and oxygen atoms in total. The number of sulfone groups is 1. The molecule has 0 aliphatic heterocycles. The quantitative estimate of drug-likeness (QED) is 0.153. The fourth-order valence-electron chi connectivity index (χ4n) is 4.82. The van der Waals surface area contributed by atoms with Crippen molar-refractivity contribution < 1.29 is 41.9 Å². The lowest BCUT2D eigenvalue weighted by atomic mass is 9.92. The molecule has 5 N–H and O–H groups in total. The zero-order valence-corrected chi connectivity index (χ0v) is 29.8. The highest BCUT2D eigenvalue weighted by Crippen LogP contribution is 2.16. The molecule has 0 bridgehead atoms. The van der Waals surface area contributed by atoms with Crippen molar-refractivity contribution in [1.82, 2.24) is 26.3 Å². The van der Waals surface area contributed by atoms with Gasteiger partial charge in [0.25, 0.3) is 0 Å². The van der Waals surface area contributed by atoms with Gasteiger partial charge in [0.1, 0.15) is 40.0 Å². The highest BCUT2D eigenvalue weighted by molar-refractivity contribution is 7.90. The lowest BCUT2D eigenvalue weighted by Gasteiger charge is -2.29. The molecule has 5 atom stereocenters. The maximum atomic E-state index is 13.5. The molecule has 1 aromatic carbocycles. The highest BCUT2D eigenvalue weighted by atomic mass is 32.2. The van der Waals surface area contributed by atoms with Crippen molar-refractivity contribution >= 4 is 33.7 Å². The summed E-state index contributed by atoms with van der Waals surface area (Å²) in [5.74, 6) is -2.27. The smallest absolute Gasteiger partial charge is 0.408 e. The van der Waals surface area contributed by atoms with Gasteiger partial charge in [-0.25, -0.2) is 18.2 Å². The number of aryl methyl sites for hydroxylation is 2. The molecule has 0 saturated carbocycles. The van der Waals surface area contributed by atoms with Crippen LogP contribution in [0.4, 0.5) is 4.79 Å². The summed E-state index contributed by atoms with van der Waals surface area (Å²) in [5.41, 5.74) is 1.12. The van der Waals surface area contributed by atoms with Crippen LogP contribution in [0.5, 0.6) is 0 Å². The van der Waals surface area contributed by atoms with E-state index in [-0.39, 0.29) is 37.2 Å². The topological polar surface area (TPSA) is 206 Å². The van der Waals surface area contributed by atoms with Gasteiger partial charge >= 0.3 is 6.09 Å². The molecule has 0 aliphatic carbocycles. The number of hydrogen-bond donors (Lipinski definition) is 5. The van der Waals surface area contributed by atoms with E-state index in [0.717, 1.165) is 11.8 Å². The van der Waals surface area contributed by atoms with Crippen molar-refractivity contribution in [3.8, 4) is 0 Å². The fourth-order valence-corrected chi connectivity index (χ4v) is 5.66. The van der Waals surface area contributed by atoms with Crippen molar-refractivity contribution in [3.63, 3.8) is 0 Å². The van der Waals surface area contributed by atoms with Crippen LogP contribution in [0.2, 0.25) is 0 Å². The summed E-state index contributed by atoms with van der Waals surface area (Å²) in [7, 11) is -3.77. The van der Waals surface area contributed by atoms with Gasteiger partial charge in [0.15, 0.2) is 5.89 Å². The van der Waals surface area contributed by atoms with Crippen molar-refractivity contribution in [2.24, 2.45) is 17.8 Å². The lowest BCUT2D eigenvalue weighted by molar-refractivity contribution is -0.132. The molecule has 2 aromatic rings. The van der Waals surface area contributed by atoms with Gasteiger partial charge in [-0.2, -0.15) is 0 Å². The Balaban J connectivity index is 2.19. The largest absolute Gasteiger partial charge is 0.446 e. The summed E-state index contributed by atoms with van der Waals surface area (Å²) in [6, 6.07) is 5.65. The van der Waals surface area contributed by atoms with Crippen LogP contribution in [0.3, 0.4) is 0 Å². The molecule has 0 saturated heterocycles. The van der Waals surface area contributed by atoms with E-state index in [1.807, 2.05) is 33.8 Å². The molecule has 0 spiro atoms. The summed E-state index contributed by atoms with van der Waals surface area (Å²) in [6.07, 6.45) is -1.36. The number of nitrogens with one attached hydrogen (secondary N) is 4. The highest BCUT2D eigenvalue weighted by Gasteiger charge is 2.33. The number of nitrogens with zero attached hydrogens (tertiary/aromatic N) is 1. The van der Waals surface area contributed by atoms with Gasteiger partial charge in [-0.1, -0.05) is 65.0 Å². The van der Waals surface area contributed by atoms with E-state index < -0.39 is 63.6 Å². The van der Waals surface area contributed by atoms with Crippen molar-refractivity contribution in [3.05, 3.63) is 53.2 Å². The standard InChI is InChI=1S/C33H51N5O9S/c1-19(2)16-34-32(42)29(20(3)4)38-30(40)21(5)14-28(39)25(15-24-12-10-9-11-13-24)36-31(41)27(18-48(8,44)45)37-33(43)46-17-26-22(6)47-23(7)35-26/h9-13,19-21,25,27-29,39H,14-18H2,1-8H3,(H,34,42)(H,36,41)(H,37,43)(H,38,40)/t21-,25-,27+,28+,29-/m1/s1. The van der Waals surface area contributed by atoms with E-state index >= 15 is 0 Å². The predicted octanol–water partition coefficient (Wildman–Crippen LogP) is 1.96. The molecular weight excluding hydrogens is 642 g/mol. The number of carbonyl (C=O) groups excluding carboxylic acids is 4. The first-order chi connectivity index (χ1) is 22.4. The van der Waals surface area contributed by atoms with Gasteiger partial charge in [0.2, 0.25) is 17.7 Å². The molecular formula is C33H51N5O9S. The molecule has 268 valence electrons. The molecule has 2 rings (SSSR count). The normalized spacial score (nSPS) is 14.8. The van der Waals surface area contributed by atoms with Gasteiger partial charge in [-0.3, -0.25) is 14.4 Å². The maximum Gasteiger partial charge on any atom is 0.408 e. The Bertz CT molecular complexity index is 1480. The van der Waals surface area contributed by atoms with Crippen LogP contribution < -0.4 is 21.3 Å². The van der Waals surface area contributed by atoms with Gasteiger partial charge in [-0.15, -0.1) is 0 Å². The number of aliphatic hydroxyl groups excluding tert-OH is 1. The number of hydrogen-bond acceptors (Lipinski definition) is 10. The van der Waals surface area contributed by atoms with Crippen LogP contribution in [-0.4, -0.2) is 85.1 Å². The number of rotatable bonds is 18. The predicted molar refractivity (Wildman–Crippen MR) is 179 cm³/mol. The van der Waals surface area contributed by atoms with Crippen LogP contribution >= 0.6 is 0 Å². The first-order valence-corrected chi connectivity index (χ1v) is 18.1. The Morgan fingerprint density at radius 2 is 1.58 bits per heavy atom. The SMILES string of the molecule is Cc1nc(COC(=O)N[C@@H](CS(C)(=O)=O)C(=O)N[C@H](Cc2ccccc2)[C@@H](O)C[C@@H](C)C(=O)N[C@@H](C(=O)NCC(C)C)C(C)C)c(C)o1. The lowest BCUT2D eigenvalue weighted by Crippen LogP contribution is -2.56. The summed E-state index contributed by atoms with van der Waals surface area (Å²) >= 11 is 0. The number of benzene rings is 1. The second-order valence-electron chi connectivity index (χ2n) is 13.0. The Labute approximate surface area is 283 Å². The first-order valence-electron chi connectivity index (χ1n) is 16.0. The number of oxazole rings is 1. The summed E-state index contributed by atoms with van der Waals surface area (Å²) in [5, 5.41) is 22.0. The third-order valence-corrected chi connectivity index (χ3v) is 8.42. The van der Waals surface area contributed by atoms with E-state index in [1.54, 1.807) is 45.0 Å². The maximum absolute atomic E-state index is 13.5. The molecule has 0 aliphatic rings. The molecule has 1 heterocycles. The van der Waals surface area contributed by atoms with Crippen LogP contribution in [0.15, 0.2) is 34.7 Å². The Morgan fingerprint density at radius 3 is 2.12 bits per heavy atom. The van der Waals surface area contributed by atoms with Crippen LogP contribution in [0.25, 0.3) is 0 Å². The molecule has 0 fully saturated rings. The summed E-state index contributed by atoms with van der Waals surface area (Å²) < 4.78 is 34.9. The molecule has 4 amide bonds. The minimum Gasteiger partial charge on any atom is -0.446 e. The molecule has 0 radical (unpaired) electrons. The number of amides is 4. The number of ether oxygens (including phenoxy) is 1. The zero-order valence-electron chi connectivity index (χ0n) is 29.0. The van der Waals surface area contributed by atoms with E-state index in [1.165, 1.54) is 0 Å². The number of alkyl carbamates (subject to hydrolysis) is 1. The van der Waals surface area contributed by atoms with Crippen LogP contribution in [0, 0.1) is 31.6 Å². The van der Waals surface area contributed by atoms with Gasteiger partial charge in [0, 0.05) is 25.6 Å². The van der Waals surface area contributed by atoms with E-state index in [9.17, 15) is 32.7 Å². The summed E-state index contributed by atoms with van der Waals surface area (Å²) in [6.45, 7) is 12.6. The number of aromatic nitrogens is 1. The Morgan fingerprint density at radius 1 is 0.938 bits per heavy atom. The third-order valence-electron chi connectivity index (χ3n) is 7.48. The van der Waals surface area contributed by atoms with Crippen LogP contribution in [-0.2, 0) is 42.0 Å². The number of aliphatic hydroxyl groups is 1. The van der Waals surface area contributed by atoms with Crippen LogP contribution in [0.1, 0.15) is 63.9 Å². The summed E-state index contributed by atoms with van der Waals surface area (Å²) in [4.78, 5) is 56.2. The minimum atomic E-state index is -3.77. The van der Waals surface area contributed by atoms with E-state index in [2.05, 4.69) is 26.3 Å². The molecule has 15 heteroatoms. The third kappa shape index (κ3) is 14.0. The first kappa shape index (κ1) is 40.2. The second kappa shape index (κ2) is 18.5. The average molecular weight is 694 g/mol. The van der Waals surface area contributed by atoms with E-state index in [4.69, 9.17) is 9.15 Å². The van der Waals surface area contributed by atoms with Gasteiger partial charge in [-0.05, 0) is 37.2 Å². The average Bonchev–Trinajstić information content (AvgIpc) is 3.32. The Hall–Kier alpha value is -3.98. The van der Waals surface area contributed by atoms with Crippen molar-refractivity contribution in [2.45, 2.75) is 92.1 Å². The minimum absolute atomic E-state index is 0.0925. The zero-order chi connectivity index (χ0) is 36.2. The molecule has 1 aromatic heterocycles.